The van der Waals surface area contributed by atoms with Crippen LogP contribution < -0.4 is 5.01 Å². The van der Waals surface area contributed by atoms with E-state index >= 15 is 0 Å². The zero-order valence-electron chi connectivity index (χ0n) is 23.3. The van der Waals surface area contributed by atoms with E-state index in [4.69, 9.17) is 4.99 Å². The molecule has 2 N–H and O–H groups in total. The van der Waals surface area contributed by atoms with Crippen LogP contribution in [0.1, 0.15) is 76.1 Å². The van der Waals surface area contributed by atoms with E-state index < -0.39 is 5.97 Å². The number of nitrogens with zero attached hydrogens (tertiary/aromatic N) is 5. The van der Waals surface area contributed by atoms with Crippen molar-refractivity contribution in [3.05, 3.63) is 76.8 Å². The van der Waals surface area contributed by atoms with Crippen molar-refractivity contribution in [1.29, 1.82) is 0 Å². The molecule has 0 atom stereocenters. The molecule has 1 aromatic heterocycles. The standard InChI is InChI=1S/C29H32N6O2.C2H6/c1-4-21(17-30-18(2)22-8-6-5-7-9-22)24-14-15-31-35-27(24)32-25(26-19(3)33-34-28(26)35)16-20-10-12-23(13-11-20)29(36)37;1-2/h4-9,15,17,20,23H,2,10-14,16H2,1,3H3,(H,33,34)(H,36,37);1-2H3/b21-4+,30-17?;. The van der Waals surface area contributed by atoms with E-state index in [1.807, 2.05) is 81.5 Å². The number of hydrogen-bond acceptors (Lipinski definition) is 6. The number of anilines is 1. The molecule has 39 heavy (non-hydrogen) atoms. The van der Waals surface area contributed by atoms with Crippen LogP contribution in [0.25, 0.3) is 5.70 Å². The Balaban J connectivity index is 0.00000172. The third kappa shape index (κ3) is 6.00. The Bertz CT molecular complexity index is 1350. The first-order valence-corrected chi connectivity index (χ1v) is 13.8. The molecule has 1 saturated carbocycles. The molecule has 2 aliphatic heterocycles. The molecular weight excluding hydrogens is 488 g/mol. The van der Waals surface area contributed by atoms with Gasteiger partial charge in [0.05, 0.1) is 22.9 Å². The van der Waals surface area contributed by atoms with E-state index in [0.717, 1.165) is 77.4 Å². The molecule has 204 valence electrons. The van der Waals surface area contributed by atoms with E-state index in [2.05, 4.69) is 26.9 Å². The predicted octanol–water partition coefficient (Wildman–Crippen LogP) is 6.92. The van der Waals surface area contributed by atoms with Crippen LogP contribution in [0.3, 0.4) is 0 Å². The summed E-state index contributed by atoms with van der Waals surface area (Å²) in [4.78, 5) is 21.2. The van der Waals surface area contributed by atoms with Gasteiger partial charge in [-0.25, -0.2) is 4.99 Å². The highest BCUT2D eigenvalue weighted by Gasteiger charge is 2.34. The lowest BCUT2D eigenvalue weighted by atomic mass is 9.79. The van der Waals surface area contributed by atoms with Gasteiger partial charge in [0.15, 0.2) is 11.6 Å². The molecule has 2 aromatic rings. The van der Waals surface area contributed by atoms with Crippen molar-refractivity contribution in [2.45, 2.75) is 66.2 Å². The van der Waals surface area contributed by atoms with Gasteiger partial charge in [0.2, 0.25) is 0 Å². The average molecular weight is 527 g/mol. The number of aryl methyl sites for hydroxylation is 1. The Morgan fingerprint density at radius 3 is 2.59 bits per heavy atom. The maximum atomic E-state index is 11.4. The van der Waals surface area contributed by atoms with Crippen molar-refractivity contribution in [2.75, 3.05) is 5.01 Å². The minimum absolute atomic E-state index is 0.226. The van der Waals surface area contributed by atoms with Crippen LogP contribution in [-0.4, -0.2) is 39.4 Å². The molecule has 5 rings (SSSR count). The van der Waals surface area contributed by atoms with Gasteiger partial charge in [-0.1, -0.05) is 56.8 Å². The summed E-state index contributed by atoms with van der Waals surface area (Å²) in [5.74, 6) is 1.01. The summed E-state index contributed by atoms with van der Waals surface area (Å²) in [5, 5.41) is 23.5. The lowest BCUT2D eigenvalue weighted by molar-refractivity contribution is -0.143. The Labute approximate surface area is 230 Å². The maximum absolute atomic E-state index is 11.4. The van der Waals surface area contributed by atoms with Crippen molar-refractivity contribution < 1.29 is 9.90 Å². The van der Waals surface area contributed by atoms with Crippen molar-refractivity contribution >= 4 is 35.6 Å². The number of rotatable bonds is 7. The summed E-state index contributed by atoms with van der Waals surface area (Å²) in [6, 6.07) is 9.91. The Morgan fingerprint density at radius 2 is 1.92 bits per heavy atom. The summed E-state index contributed by atoms with van der Waals surface area (Å²) in [6.07, 6.45) is 10.4. The number of fused-ring (bicyclic) bond motifs is 3. The molecule has 0 unspecified atom stereocenters. The van der Waals surface area contributed by atoms with E-state index in [9.17, 15) is 9.90 Å². The number of aliphatic carboxylic acids is 1. The Hall–Kier alpha value is -4.07. The van der Waals surface area contributed by atoms with Crippen molar-refractivity contribution in [1.82, 2.24) is 10.2 Å². The summed E-state index contributed by atoms with van der Waals surface area (Å²) >= 11 is 0. The number of carboxylic acids is 1. The predicted molar refractivity (Wildman–Crippen MR) is 159 cm³/mol. The van der Waals surface area contributed by atoms with Gasteiger partial charge in [-0.3, -0.25) is 14.9 Å². The first kappa shape index (κ1) is 28.0. The number of aliphatic imine (C=N–C) groups is 2. The normalized spacial score (nSPS) is 20.7. The second-order valence-corrected chi connectivity index (χ2v) is 9.80. The highest BCUT2D eigenvalue weighted by atomic mass is 16.4. The quantitative estimate of drug-likeness (QED) is 0.382. The van der Waals surface area contributed by atoms with Gasteiger partial charge in [0.25, 0.3) is 0 Å². The number of hydrazone groups is 1. The monoisotopic (exact) mass is 526 g/mol. The van der Waals surface area contributed by atoms with Crippen molar-refractivity contribution in [3.8, 4) is 0 Å². The average Bonchev–Trinajstić information content (AvgIpc) is 3.37. The number of hydrogen-bond donors (Lipinski definition) is 2. The van der Waals surface area contributed by atoms with Gasteiger partial charge >= 0.3 is 5.97 Å². The molecule has 0 saturated heterocycles. The summed E-state index contributed by atoms with van der Waals surface area (Å²) in [6.45, 7) is 12.1. The van der Waals surface area contributed by atoms with Crippen LogP contribution in [0.2, 0.25) is 0 Å². The second kappa shape index (κ2) is 12.7. The first-order valence-electron chi connectivity index (χ1n) is 13.8. The number of H-pyrrole nitrogens is 1. The van der Waals surface area contributed by atoms with Crippen LogP contribution in [0.15, 0.2) is 75.0 Å². The smallest absolute Gasteiger partial charge is 0.306 e. The largest absolute Gasteiger partial charge is 0.481 e. The van der Waals surface area contributed by atoms with Gasteiger partial charge in [0, 0.05) is 30.1 Å². The number of carbonyl (C=O) groups is 1. The van der Waals surface area contributed by atoms with Crippen LogP contribution in [0.4, 0.5) is 5.82 Å². The van der Waals surface area contributed by atoms with Crippen molar-refractivity contribution in [3.63, 3.8) is 0 Å². The highest BCUT2D eigenvalue weighted by molar-refractivity contribution is 6.08. The van der Waals surface area contributed by atoms with Crippen LogP contribution in [0, 0.1) is 18.8 Å². The molecule has 0 amide bonds. The number of nitrogens with one attached hydrogen (secondary N) is 1. The van der Waals surface area contributed by atoms with E-state index in [0.29, 0.717) is 18.0 Å². The molecule has 0 spiro atoms. The van der Waals surface area contributed by atoms with Gasteiger partial charge in [-0.05, 0) is 63.0 Å². The maximum Gasteiger partial charge on any atom is 0.306 e. The van der Waals surface area contributed by atoms with Gasteiger partial charge < -0.3 is 5.11 Å². The zero-order chi connectivity index (χ0) is 27.9. The fourth-order valence-corrected chi connectivity index (χ4v) is 5.32. The van der Waals surface area contributed by atoms with Gasteiger partial charge in [-0.2, -0.15) is 15.2 Å². The Kier molecular flexibility index (Phi) is 9.07. The minimum Gasteiger partial charge on any atom is -0.481 e. The first-order chi connectivity index (χ1) is 19.0. The van der Waals surface area contributed by atoms with Crippen LogP contribution in [0.5, 0.6) is 0 Å². The molecule has 3 heterocycles. The number of allylic oxidation sites excluding steroid dienone is 3. The molecule has 0 bridgehead atoms. The van der Waals surface area contributed by atoms with E-state index in [1.54, 1.807) is 0 Å². The summed E-state index contributed by atoms with van der Waals surface area (Å²) < 4.78 is 0. The van der Waals surface area contributed by atoms with Gasteiger partial charge in [-0.15, -0.1) is 0 Å². The van der Waals surface area contributed by atoms with E-state index in [1.165, 1.54) is 0 Å². The fraction of sp³-hybridized carbons (Fsp3) is 0.387. The second-order valence-electron chi connectivity index (χ2n) is 9.80. The number of aromatic nitrogens is 2. The van der Waals surface area contributed by atoms with Crippen LogP contribution >= 0.6 is 0 Å². The molecule has 1 aliphatic carbocycles. The fourth-order valence-electron chi connectivity index (χ4n) is 5.32. The molecule has 1 aromatic carbocycles. The Morgan fingerprint density at radius 1 is 1.21 bits per heavy atom. The van der Waals surface area contributed by atoms with Crippen LogP contribution in [-0.2, 0) is 4.79 Å². The van der Waals surface area contributed by atoms with Gasteiger partial charge in [0.1, 0.15) is 0 Å². The highest BCUT2D eigenvalue weighted by Crippen LogP contribution is 2.39. The minimum atomic E-state index is -0.678. The molecular formula is C31H38N6O2. The summed E-state index contributed by atoms with van der Waals surface area (Å²) in [5.41, 5.74) is 6.61. The third-order valence-corrected chi connectivity index (χ3v) is 7.43. The number of carboxylic acid groups (broad SMARTS) is 1. The number of benzene rings is 1. The molecule has 0 radical (unpaired) electrons. The van der Waals surface area contributed by atoms with Crippen molar-refractivity contribution in [2.24, 2.45) is 26.9 Å². The third-order valence-electron chi connectivity index (χ3n) is 7.43. The molecule has 8 nitrogen and oxygen atoms in total. The molecule has 8 heteroatoms. The summed E-state index contributed by atoms with van der Waals surface area (Å²) in [7, 11) is 0. The topological polar surface area (TPSA) is 106 Å². The van der Waals surface area contributed by atoms with E-state index in [-0.39, 0.29) is 5.92 Å². The zero-order valence-corrected chi connectivity index (χ0v) is 23.3. The lowest BCUT2D eigenvalue weighted by Crippen LogP contribution is -2.29. The SMILES string of the molecule is C=C(N=C/C(=C\C)C1=C2N=C(CC3CCC(C(=O)O)CC3)c3c(n[nH]c3C)N2N=CC1)c1ccccc1.CC. The number of aromatic amines is 1. The molecule has 1 fully saturated rings. The lowest BCUT2D eigenvalue weighted by Gasteiger charge is -2.31. The molecule has 3 aliphatic rings.